The first-order chi connectivity index (χ1) is 11.2. The van der Waals surface area contributed by atoms with Crippen molar-refractivity contribution in [3.8, 4) is 0 Å². The lowest BCUT2D eigenvalue weighted by Crippen LogP contribution is -2.46. The molecular weight excluding hydrogens is 290 g/mol. The lowest BCUT2D eigenvalue weighted by atomic mass is 9.84. The summed E-state index contributed by atoms with van der Waals surface area (Å²) in [6.07, 6.45) is 12.2. The van der Waals surface area contributed by atoms with Gasteiger partial charge in [0.2, 0.25) is 5.91 Å². The number of ether oxygens (including phenoxy) is 1. The van der Waals surface area contributed by atoms with Gasteiger partial charge in [-0.05, 0) is 62.7 Å². The van der Waals surface area contributed by atoms with Gasteiger partial charge in [0.1, 0.15) is 6.04 Å². The van der Waals surface area contributed by atoms with Crippen molar-refractivity contribution in [1.29, 1.82) is 0 Å². The highest BCUT2D eigenvalue weighted by molar-refractivity contribution is 5.93. The number of esters is 1. The van der Waals surface area contributed by atoms with Gasteiger partial charge in [-0.15, -0.1) is 0 Å². The quantitative estimate of drug-likeness (QED) is 0.591. The number of rotatable bonds is 4. The number of carbonyl (C=O) groups excluding carboxylic acids is 2. The Kier molecular flexibility index (Phi) is 3.94. The van der Waals surface area contributed by atoms with Crippen molar-refractivity contribution in [3.63, 3.8) is 0 Å². The van der Waals surface area contributed by atoms with Crippen LogP contribution in [0.15, 0.2) is 11.6 Å². The van der Waals surface area contributed by atoms with Crippen LogP contribution < -0.4 is 0 Å². The fourth-order valence-electron chi connectivity index (χ4n) is 4.74. The summed E-state index contributed by atoms with van der Waals surface area (Å²) in [4.78, 5) is 27.2. The third kappa shape index (κ3) is 2.92. The SMILES string of the molecule is COC(=O)[C@@H]1C[C@H]2CCCC[C@@H]2N1C(=O)C=C(C1CC1)C1CC1. The fourth-order valence-corrected chi connectivity index (χ4v) is 4.74. The van der Waals surface area contributed by atoms with Crippen LogP contribution >= 0.6 is 0 Å². The second kappa shape index (κ2) is 5.95. The molecule has 0 aromatic rings. The monoisotopic (exact) mass is 317 g/mol. The second-order valence-electron chi connectivity index (χ2n) is 7.82. The number of fused-ring (bicyclic) bond motifs is 1. The predicted octanol–water partition coefficient (Wildman–Crippen LogP) is 3.07. The molecule has 4 nitrogen and oxygen atoms in total. The molecule has 1 amide bonds. The number of nitrogens with zero attached hydrogens (tertiary/aromatic N) is 1. The molecule has 0 N–H and O–H groups in total. The van der Waals surface area contributed by atoms with Crippen LogP contribution in [-0.2, 0) is 14.3 Å². The van der Waals surface area contributed by atoms with Gasteiger partial charge in [-0.2, -0.15) is 0 Å². The molecule has 3 saturated carbocycles. The Hall–Kier alpha value is -1.32. The third-order valence-corrected chi connectivity index (χ3v) is 6.20. The first kappa shape index (κ1) is 15.2. The van der Waals surface area contributed by atoms with E-state index in [4.69, 9.17) is 4.74 Å². The van der Waals surface area contributed by atoms with E-state index in [9.17, 15) is 9.59 Å². The molecule has 3 atom stereocenters. The number of methoxy groups -OCH3 is 1. The molecule has 0 aromatic heterocycles. The van der Waals surface area contributed by atoms with E-state index >= 15 is 0 Å². The molecule has 0 aromatic carbocycles. The lowest BCUT2D eigenvalue weighted by molar-refractivity contribution is -0.150. The number of likely N-dealkylation sites (tertiary alicyclic amines) is 1. The minimum atomic E-state index is -0.364. The topological polar surface area (TPSA) is 46.6 Å². The van der Waals surface area contributed by atoms with E-state index in [0.717, 1.165) is 19.3 Å². The molecule has 4 heteroatoms. The zero-order chi connectivity index (χ0) is 16.0. The normalized spacial score (nSPS) is 33.1. The average molecular weight is 317 g/mol. The van der Waals surface area contributed by atoms with Gasteiger partial charge in [-0.1, -0.05) is 18.4 Å². The molecule has 0 unspecified atom stereocenters. The summed E-state index contributed by atoms with van der Waals surface area (Å²) in [6, 6.07) is -0.118. The maximum atomic E-state index is 13.0. The van der Waals surface area contributed by atoms with Gasteiger partial charge in [0, 0.05) is 12.1 Å². The molecule has 0 bridgehead atoms. The maximum Gasteiger partial charge on any atom is 0.328 e. The van der Waals surface area contributed by atoms with Crippen molar-refractivity contribution >= 4 is 11.9 Å². The molecule has 1 saturated heterocycles. The standard InChI is InChI=1S/C19H27NO3/c1-23-19(22)17-10-14-4-2-3-5-16(14)20(17)18(21)11-15(12-6-7-12)13-8-9-13/h11-14,16-17H,2-10H2,1H3/t14-,16+,17+/m1/s1. The lowest BCUT2D eigenvalue weighted by Gasteiger charge is -2.32. The van der Waals surface area contributed by atoms with Gasteiger partial charge in [0.15, 0.2) is 0 Å². The second-order valence-corrected chi connectivity index (χ2v) is 7.82. The van der Waals surface area contributed by atoms with Crippen LogP contribution in [0.25, 0.3) is 0 Å². The van der Waals surface area contributed by atoms with Crippen LogP contribution in [-0.4, -0.2) is 36.0 Å². The van der Waals surface area contributed by atoms with Gasteiger partial charge in [0.05, 0.1) is 7.11 Å². The molecular formula is C19H27NO3. The number of carbonyl (C=O) groups is 2. The van der Waals surface area contributed by atoms with Crippen molar-refractivity contribution < 1.29 is 14.3 Å². The summed E-state index contributed by atoms with van der Waals surface area (Å²) in [5.41, 5.74) is 1.37. The summed E-state index contributed by atoms with van der Waals surface area (Å²) in [6.45, 7) is 0. The zero-order valence-electron chi connectivity index (χ0n) is 14.0. The highest BCUT2D eigenvalue weighted by Crippen LogP contribution is 2.49. The van der Waals surface area contributed by atoms with E-state index < -0.39 is 0 Å². The molecule has 3 aliphatic carbocycles. The van der Waals surface area contributed by atoms with Crippen molar-refractivity contribution in [3.05, 3.63) is 11.6 Å². The molecule has 1 heterocycles. The van der Waals surface area contributed by atoms with Gasteiger partial charge >= 0.3 is 5.97 Å². The highest BCUT2D eigenvalue weighted by atomic mass is 16.5. The van der Waals surface area contributed by atoms with Crippen LogP contribution in [0.1, 0.15) is 57.8 Å². The maximum absolute atomic E-state index is 13.0. The number of hydrogen-bond acceptors (Lipinski definition) is 3. The summed E-state index contributed by atoms with van der Waals surface area (Å²) in [5, 5.41) is 0. The van der Waals surface area contributed by atoms with Gasteiger partial charge in [0.25, 0.3) is 0 Å². The van der Waals surface area contributed by atoms with Crippen molar-refractivity contribution in [2.75, 3.05) is 7.11 Å². The van der Waals surface area contributed by atoms with Crippen molar-refractivity contribution in [2.24, 2.45) is 17.8 Å². The van der Waals surface area contributed by atoms with E-state index in [1.54, 1.807) is 0 Å². The zero-order valence-corrected chi connectivity index (χ0v) is 14.0. The Morgan fingerprint density at radius 2 is 1.65 bits per heavy atom. The fraction of sp³-hybridized carbons (Fsp3) is 0.789. The molecule has 1 aliphatic heterocycles. The van der Waals surface area contributed by atoms with Crippen LogP contribution in [0.2, 0.25) is 0 Å². The summed E-state index contributed by atoms with van der Waals surface area (Å²) < 4.78 is 4.99. The summed E-state index contributed by atoms with van der Waals surface area (Å²) in [5.74, 6) is 1.61. The Balaban J connectivity index is 1.58. The first-order valence-electron chi connectivity index (χ1n) is 9.30. The minimum Gasteiger partial charge on any atom is -0.467 e. The molecule has 4 fully saturated rings. The van der Waals surface area contributed by atoms with Crippen LogP contribution in [0.5, 0.6) is 0 Å². The predicted molar refractivity (Wildman–Crippen MR) is 86.5 cm³/mol. The average Bonchev–Trinajstić information content (AvgIpc) is 3.47. The number of allylic oxidation sites excluding steroid dienone is 1. The van der Waals surface area contributed by atoms with E-state index in [1.807, 2.05) is 11.0 Å². The van der Waals surface area contributed by atoms with Gasteiger partial charge < -0.3 is 9.64 Å². The van der Waals surface area contributed by atoms with Crippen LogP contribution in [0.4, 0.5) is 0 Å². The van der Waals surface area contributed by atoms with Crippen molar-refractivity contribution in [2.45, 2.75) is 69.9 Å². The van der Waals surface area contributed by atoms with Gasteiger partial charge in [-0.3, -0.25) is 4.79 Å². The van der Waals surface area contributed by atoms with E-state index in [2.05, 4.69) is 0 Å². The molecule has 0 radical (unpaired) electrons. The van der Waals surface area contributed by atoms with Crippen molar-refractivity contribution in [1.82, 2.24) is 4.90 Å². The minimum absolute atomic E-state index is 0.0728. The largest absolute Gasteiger partial charge is 0.467 e. The molecule has 0 spiro atoms. The van der Waals surface area contributed by atoms with Crippen LogP contribution in [0.3, 0.4) is 0 Å². The number of amides is 1. The summed E-state index contributed by atoms with van der Waals surface area (Å²) >= 11 is 0. The molecule has 4 aliphatic rings. The smallest absolute Gasteiger partial charge is 0.328 e. The van der Waals surface area contributed by atoms with E-state index in [0.29, 0.717) is 17.8 Å². The number of hydrogen-bond donors (Lipinski definition) is 0. The Morgan fingerprint density at radius 3 is 2.26 bits per heavy atom. The Labute approximate surface area is 138 Å². The Bertz CT molecular complexity index is 519. The molecule has 126 valence electrons. The first-order valence-corrected chi connectivity index (χ1v) is 9.30. The summed E-state index contributed by atoms with van der Waals surface area (Å²) in [7, 11) is 1.43. The van der Waals surface area contributed by atoms with E-state index in [1.165, 1.54) is 51.2 Å². The van der Waals surface area contributed by atoms with E-state index in [-0.39, 0.29) is 24.0 Å². The highest BCUT2D eigenvalue weighted by Gasteiger charge is 2.48. The third-order valence-electron chi connectivity index (χ3n) is 6.20. The molecule has 23 heavy (non-hydrogen) atoms. The van der Waals surface area contributed by atoms with Crippen LogP contribution in [0, 0.1) is 17.8 Å². The molecule has 4 rings (SSSR count). The van der Waals surface area contributed by atoms with Gasteiger partial charge in [-0.25, -0.2) is 4.79 Å². The Morgan fingerprint density at radius 1 is 1.00 bits per heavy atom.